The number of benzene rings is 1. The van der Waals surface area contributed by atoms with Crippen LogP contribution in [0.4, 0.5) is 0 Å². The van der Waals surface area contributed by atoms with Gasteiger partial charge in [0.15, 0.2) is 5.69 Å². The first kappa shape index (κ1) is 15.4. The maximum absolute atomic E-state index is 12.6. The number of amides is 1. The SMILES string of the molecule is Cc1cc(C(=O)N2C[C@@H](O)[C@@]3(C2)[C@H](CO)[C@H]3c2ccccc2)no1. The molecule has 126 valence electrons. The number of aromatic nitrogens is 1. The Morgan fingerprint density at radius 3 is 2.79 bits per heavy atom. The van der Waals surface area contributed by atoms with E-state index in [1.165, 1.54) is 0 Å². The molecule has 1 aromatic carbocycles. The van der Waals surface area contributed by atoms with Crippen molar-refractivity contribution in [2.24, 2.45) is 11.3 Å². The lowest BCUT2D eigenvalue weighted by Gasteiger charge is -2.15. The number of aryl methyl sites for hydroxylation is 1. The van der Waals surface area contributed by atoms with Crippen LogP contribution in [0.2, 0.25) is 0 Å². The molecule has 1 aromatic heterocycles. The Labute approximate surface area is 139 Å². The van der Waals surface area contributed by atoms with Crippen LogP contribution in [0.25, 0.3) is 0 Å². The fraction of sp³-hybridized carbons (Fsp3) is 0.444. The molecule has 1 aliphatic carbocycles. The van der Waals surface area contributed by atoms with Crippen molar-refractivity contribution < 1.29 is 19.5 Å². The molecule has 1 spiro atoms. The summed E-state index contributed by atoms with van der Waals surface area (Å²) >= 11 is 0. The summed E-state index contributed by atoms with van der Waals surface area (Å²) in [4.78, 5) is 14.2. The molecular formula is C18H20N2O4. The summed E-state index contributed by atoms with van der Waals surface area (Å²) in [6, 6.07) is 11.5. The van der Waals surface area contributed by atoms with E-state index in [0.29, 0.717) is 12.3 Å². The Morgan fingerprint density at radius 1 is 1.42 bits per heavy atom. The minimum Gasteiger partial charge on any atom is -0.396 e. The van der Waals surface area contributed by atoms with Crippen LogP contribution >= 0.6 is 0 Å². The zero-order valence-electron chi connectivity index (χ0n) is 13.4. The van der Waals surface area contributed by atoms with Gasteiger partial charge in [-0.1, -0.05) is 35.5 Å². The number of β-amino-alcohol motifs (C(OH)–C–C–N with tert-alkyl or cyclic N) is 1. The normalized spacial score (nSPS) is 31.6. The predicted molar refractivity (Wildman–Crippen MR) is 85.3 cm³/mol. The van der Waals surface area contributed by atoms with Crippen LogP contribution < -0.4 is 0 Å². The van der Waals surface area contributed by atoms with Gasteiger partial charge in [0.25, 0.3) is 5.91 Å². The lowest BCUT2D eigenvalue weighted by molar-refractivity contribution is 0.0754. The first-order valence-electron chi connectivity index (χ1n) is 8.14. The van der Waals surface area contributed by atoms with Gasteiger partial charge in [-0.3, -0.25) is 4.79 Å². The molecule has 4 atom stereocenters. The minimum atomic E-state index is -0.656. The van der Waals surface area contributed by atoms with Gasteiger partial charge in [0, 0.05) is 31.2 Å². The van der Waals surface area contributed by atoms with Gasteiger partial charge in [-0.25, -0.2) is 0 Å². The van der Waals surface area contributed by atoms with Crippen molar-refractivity contribution in [3.05, 3.63) is 53.4 Å². The third-order valence-electron chi connectivity index (χ3n) is 5.53. The van der Waals surface area contributed by atoms with Gasteiger partial charge in [-0.15, -0.1) is 0 Å². The summed E-state index contributed by atoms with van der Waals surface area (Å²) in [5.74, 6) is 0.370. The molecule has 2 aliphatic rings. The molecule has 2 N–H and O–H groups in total. The Hall–Kier alpha value is -2.18. The third-order valence-corrected chi connectivity index (χ3v) is 5.53. The van der Waals surface area contributed by atoms with E-state index < -0.39 is 11.5 Å². The fourth-order valence-electron chi connectivity index (χ4n) is 4.35. The number of likely N-dealkylation sites (tertiary alicyclic amines) is 1. The van der Waals surface area contributed by atoms with E-state index >= 15 is 0 Å². The number of hydrogen-bond acceptors (Lipinski definition) is 5. The highest BCUT2D eigenvalue weighted by molar-refractivity contribution is 5.92. The minimum absolute atomic E-state index is 0.00171. The smallest absolute Gasteiger partial charge is 0.276 e. The van der Waals surface area contributed by atoms with Crippen LogP contribution in [0.1, 0.15) is 27.7 Å². The molecular weight excluding hydrogens is 308 g/mol. The van der Waals surface area contributed by atoms with Crippen molar-refractivity contribution in [1.82, 2.24) is 10.1 Å². The lowest BCUT2D eigenvalue weighted by Crippen LogP contribution is -2.30. The second-order valence-corrected chi connectivity index (χ2v) is 6.81. The van der Waals surface area contributed by atoms with Gasteiger partial charge in [0.05, 0.1) is 6.10 Å². The number of hydrogen-bond donors (Lipinski definition) is 2. The van der Waals surface area contributed by atoms with Gasteiger partial charge >= 0.3 is 0 Å². The molecule has 2 aromatic rings. The van der Waals surface area contributed by atoms with Crippen LogP contribution in [0.15, 0.2) is 40.9 Å². The van der Waals surface area contributed by atoms with Crippen molar-refractivity contribution in [3.8, 4) is 0 Å². The van der Waals surface area contributed by atoms with Crippen LogP contribution in [-0.2, 0) is 0 Å². The maximum Gasteiger partial charge on any atom is 0.276 e. The summed E-state index contributed by atoms with van der Waals surface area (Å²) < 4.78 is 4.97. The zero-order chi connectivity index (χ0) is 16.9. The second kappa shape index (κ2) is 5.43. The molecule has 2 heterocycles. The van der Waals surface area contributed by atoms with Crippen molar-refractivity contribution in [2.45, 2.75) is 18.9 Å². The van der Waals surface area contributed by atoms with Crippen LogP contribution in [-0.4, -0.2) is 52.0 Å². The summed E-state index contributed by atoms with van der Waals surface area (Å²) in [5.41, 5.74) is 0.890. The van der Waals surface area contributed by atoms with Crippen LogP contribution in [0, 0.1) is 18.3 Å². The monoisotopic (exact) mass is 328 g/mol. The summed E-state index contributed by atoms with van der Waals surface area (Å²) in [7, 11) is 0. The molecule has 24 heavy (non-hydrogen) atoms. The average molecular weight is 328 g/mol. The topological polar surface area (TPSA) is 86.8 Å². The molecule has 4 rings (SSSR count). The zero-order valence-corrected chi connectivity index (χ0v) is 13.4. The highest BCUT2D eigenvalue weighted by atomic mass is 16.5. The van der Waals surface area contributed by atoms with Crippen molar-refractivity contribution in [1.29, 1.82) is 0 Å². The maximum atomic E-state index is 12.6. The third kappa shape index (κ3) is 2.10. The van der Waals surface area contributed by atoms with E-state index in [1.807, 2.05) is 30.3 Å². The Morgan fingerprint density at radius 2 is 2.17 bits per heavy atom. The van der Waals surface area contributed by atoms with Gasteiger partial charge in [0.2, 0.25) is 0 Å². The standard InChI is InChI=1S/C18H20N2O4/c1-11-7-14(19-24-11)17(23)20-8-15(22)18(10-20)13(9-21)16(18)12-5-3-2-4-6-12/h2-7,13,15-16,21-22H,8-10H2,1H3/t13-,15-,16-,18-/m1/s1. The predicted octanol–water partition coefficient (Wildman–Crippen LogP) is 1.19. The van der Waals surface area contributed by atoms with E-state index in [2.05, 4.69) is 5.16 Å². The van der Waals surface area contributed by atoms with Gasteiger partial charge in [-0.05, 0) is 24.3 Å². The lowest BCUT2D eigenvalue weighted by atomic mass is 9.95. The van der Waals surface area contributed by atoms with E-state index in [0.717, 1.165) is 5.56 Å². The molecule has 6 heteroatoms. The molecule has 0 bridgehead atoms. The number of carbonyl (C=O) groups excluding carboxylic acids is 1. The highest BCUT2D eigenvalue weighted by Gasteiger charge is 2.71. The van der Waals surface area contributed by atoms with Crippen molar-refractivity contribution >= 4 is 5.91 Å². The number of nitrogens with zero attached hydrogens (tertiary/aromatic N) is 2. The molecule has 1 aliphatic heterocycles. The van der Waals surface area contributed by atoms with Crippen molar-refractivity contribution in [3.63, 3.8) is 0 Å². The summed E-state index contributed by atoms with van der Waals surface area (Å²) in [6.07, 6.45) is -0.656. The second-order valence-electron chi connectivity index (χ2n) is 6.81. The van der Waals surface area contributed by atoms with Crippen LogP contribution in [0.5, 0.6) is 0 Å². The Bertz CT molecular complexity index is 759. The largest absolute Gasteiger partial charge is 0.396 e. The summed E-state index contributed by atoms with van der Waals surface area (Å²) in [6.45, 7) is 2.41. The van der Waals surface area contributed by atoms with Gasteiger partial charge < -0.3 is 19.6 Å². The molecule has 6 nitrogen and oxygen atoms in total. The van der Waals surface area contributed by atoms with Crippen molar-refractivity contribution in [2.75, 3.05) is 19.7 Å². The average Bonchev–Trinajstić information content (AvgIpc) is 2.83. The summed E-state index contributed by atoms with van der Waals surface area (Å²) in [5, 5.41) is 24.2. The fourth-order valence-corrected chi connectivity index (χ4v) is 4.35. The quantitative estimate of drug-likeness (QED) is 0.884. The molecule has 1 saturated heterocycles. The van der Waals surface area contributed by atoms with E-state index in [-0.39, 0.29) is 36.6 Å². The number of aliphatic hydroxyl groups excluding tert-OH is 2. The first-order chi connectivity index (χ1) is 11.6. The van der Waals surface area contributed by atoms with E-state index in [9.17, 15) is 15.0 Å². The van der Waals surface area contributed by atoms with E-state index in [1.54, 1.807) is 17.9 Å². The van der Waals surface area contributed by atoms with E-state index in [4.69, 9.17) is 4.52 Å². The Kier molecular flexibility index (Phi) is 3.47. The highest BCUT2D eigenvalue weighted by Crippen LogP contribution is 2.68. The van der Waals surface area contributed by atoms with Crippen LogP contribution in [0.3, 0.4) is 0 Å². The number of rotatable bonds is 3. The first-order valence-corrected chi connectivity index (χ1v) is 8.14. The molecule has 2 fully saturated rings. The molecule has 0 radical (unpaired) electrons. The molecule has 0 unspecified atom stereocenters. The molecule has 1 amide bonds. The number of carbonyl (C=O) groups is 1. The number of aliphatic hydroxyl groups is 2. The molecule has 1 saturated carbocycles. The van der Waals surface area contributed by atoms with Gasteiger partial charge in [-0.2, -0.15) is 0 Å². The van der Waals surface area contributed by atoms with Gasteiger partial charge in [0.1, 0.15) is 5.76 Å². The Balaban J connectivity index is 1.60.